The summed E-state index contributed by atoms with van der Waals surface area (Å²) in [6.07, 6.45) is 7.29. The molecule has 1 atom stereocenters. The highest BCUT2D eigenvalue weighted by Crippen LogP contribution is 2.27. The van der Waals surface area contributed by atoms with Gasteiger partial charge < -0.3 is 15.0 Å². The molecule has 2 amide bonds. The standard InChI is InChI=1S/C30H42ClN3O5S/c1-5-27(30(36)32-25-10-7-6-8-11-25)33(21-23-14-17-26(39-3)18-15-23)29(35)12-9-19-34(40(4,37)38)28-20-24(31)16-13-22(28)2/h13-18,20,25,27H,5-12,19,21H2,1-4H3,(H,32,36)/t27-/m1/s1. The second-order valence-electron chi connectivity index (χ2n) is 10.5. The van der Waals surface area contributed by atoms with Gasteiger partial charge in [-0.25, -0.2) is 8.42 Å². The second-order valence-corrected chi connectivity index (χ2v) is 12.9. The molecule has 3 rings (SSSR count). The van der Waals surface area contributed by atoms with E-state index in [2.05, 4.69) is 5.32 Å². The monoisotopic (exact) mass is 591 g/mol. The van der Waals surface area contributed by atoms with Crippen molar-refractivity contribution in [1.29, 1.82) is 0 Å². The highest BCUT2D eigenvalue weighted by molar-refractivity contribution is 7.92. The number of anilines is 1. The van der Waals surface area contributed by atoms with Crippen LogP contribution in [0.3, 0.4) is 0 Å². The van der Waals surface area contributed by atoms with Gasteiger partial charge in [-0.15, -0.1) is 0 Å². The molecule has 1 fully saturated rings. The van der Waals surface area contributed by atoms with Crippen LogP contribution in [0.25, 0.3) is 0 Å². The Morgan fingerprint density at radius 3 is 2.38 bits per heavy atom. The van der Waals surface area contributed by atoms with Gasteiger partial charge in [-0.2, -0.15) is 0 Å². The summed E-state index contributed by atoms with van der Waals surface area (Å²) >= 11 is 6.16. The maximum absolute atomic E-state index is 13.7. The number of benzene rings is 2. The van der Waals surface area contributed by atoms with Crippen LogP contribution in [0, 0.1) is 6.92 Å². The molecule has 1 N–H and O–H groups in total. The highest BCUT2D eigenvalue weighted by atomic mass is 35.5. The Balaban J connectivity index is 1.78. The van der Waals surface area contributed by atoms with E-state index in [1.54, 1.807) is 30.2 Å². The largest absolute Gasteiger partial charge is 0.497 e. The van der Waals surface area contributed by atoms with Crippen molar-refractivity contribution in [3.8, 4) is 5.75 Å². The number of aryl methyl sites for hydroxylation is 1. The van der Waals surface area contributed by atoms with Crippen LogP contribution in [0.4, 0.5) is 5.69 Å². The molecule has 0 spiro atoms. The van der Waals surface area contributed by atoms with Gasteiger partial charge in [0.05, 0.1) is 19.1 Å². The first-order valence-electron chi connectivity index (χ1n) is 14.0. The zero-order valence-corrected chi connectivity index (χ0v) is 25.6. The van der Waals surface area contributed by atoms with Crippen molar-refractivity contribution in [2.45, 2.75) is 83.8 Å². The first kappa shape index (κ1) is 31.7. The molecule has 0 bridgehead atoms. The predicted molar refractivity (Wildman–Crippen MR) is 160 cm³/mol. The van der Waals surface area contributed by atoms with Crippen LogP contribution in [0.1, 0.15) is 69.4 Å². The van der Waals surface area contributed by atoms with Gasteiger partial charge in [0, 0.05) is 30.6 Å². The number of methoxy groups -OCH3 is 1. The zero-order chi connectivity index (χ0) is 29.3. The van der Waals surface area contributed by atoms with E-state index in [9.17, 15) is 18.0 Å². The minimum Gasteiger partial charge on any atom is -0.497 e. The number of hydrogen-bond donors (Lipinski definition) is 1. The summed E-state index contributed by atoms with van der Waals surface area (Å²) in [7, 11) is -2.01. The lowest BCUT2D eigenvalue weighted by atomic mass is 9.95. The van der Waals surface area contributed by atoms with Gasteiger partial charge >= 0.3 is 0 Å². The molecule has 1 saturated carbocycles. The number of halogens is 1. The van der Waals surface area contributed by atoms with E-state index < -0.39 is 16.1 Å². The second kappa shape index (κ2) is 14.7. The zero-order valence-electron chi connectivity index (χ0n) is 24.0. The average Bonchev–Trinajstić information content (AvgIpc) is 2.92. The van der Waals surface area contributed by atoms with E-state index in [0.717, 1.165) is 43.1 Å². The highest BCUT2D eigenvalue weighted by Gasteiger charge is 2.30. The molecule has 2 aromatic carbocycles. The van der Waals surface area contributed by atoms with Crippen LogP contribution in [0.15, 0.2) is 42.5 Å². The van der Waals surface area contributed by atoms with Crippen LogP contribution in [0.2, 0.25) is 5.02 Å². The lowest BCUT2D eigenvalue weighted by molar-refractivity contribution is -0.141. The van der Waals surface area contributed by atoms with Crippen molar-refractivity contribution < 1.29 is 22.7 Å². The van der Waals surface area contributed by atoms with Crippen molar-refractivity contribution in [1.82, 2.24) is 10.2 Å². The Labute approximate surface area is 244 Å². The fourth-order valence-electron chi connectivity index (χ4n) is 5.23. The number of nitrogens with one attached hydrogen (secondary N) is 1. The minimum atomic E-state index is -3.61. The van der Waals surface area contributed by atoms with E-state index in [-0.39, 0.29) is 43.8 Å². The van der Waals surface area contributed by atoms with Gasteiger partial charge in [0.15, 0.2) is 0 Å². The first-order chi connectivity index (χ1) is 19.0. The van der Waals surface area contributed by atoms with E-state index in [1.165, 1.54) is 10.7 Å². The number of sulfonamides is 1. The summed E-state index contributed by atoms with van der Waals surface area (Å²) < 4.78 is 31.9. The Morgan fingerprint density at radius 1 is 1.10 bits per heavy atom. The maximum Gasteiger partial charge on any atom is 0.243 e. The lowest BCUT2D eigenvalue weighted by Gasteiger charge is -2.33. The molecular formula is C30H42ClN3O5S. The molecule has 0 heterocycles. The molecular weight excluding hydrogens is 550 g/mol. The third-order valence-electron chi connectivity index (χ3n) is 7.44. The van der Waals surface area contributed by atoms with Gasteiger partial charge in [0.25, 0.3) is 0 Å². The SMILES string of the molecule is CC[C@H](C(=O)NC1CCCCC1)N(Cc1ccc(OC)cc1)C(=O)CCCN(c1cc(Cl)ccc1C)S(C)(=O)=O. The summed E-state index contributed by atoms with van der Waals surface area (Å²) in [5.74, 6) is 0.377. The molecule has 0 aromatic heterocycles. The third-order valence-corrected chi connectivity index (χ3v) is 8.86. The fourth-order valence-corrected chi connectivity index (χ4v) is 6.41. The quantitative estimate of drug-likeness (QED) is 0.334. The van der Waals surface area contributed by atoms with Crippen molar-refractivity contribution >= 4 is 39.1 Å². The van der Waals surface area contributed by atoms with E-state index in [0.29, 0.717) is 22.9 Å². The number of rotatable bonds is 13. The van der Waals surface area contributed by atoms with E-state index >= 15 is 0 Å². The molecule has 2 aromatic rings. The molecule has 10 heteroatoms. The summed E-state index contributed by atoms with van der Waals surface area (Å²) in [4.78, 5) is 28.7. The molecule has 40 heavy (non-hydrogen) atoms. The Bertz CT molecular complexity index is 1250. The van der Waals surface area contributed by atoms with Crippen LogP contribution in [-0.4, -0.2) is 57.1 Å². The predicted octanol–water partition coefficient (Wildman–Crippen LogP) is 5.46. The summed E-state index contributed by atoms with van der Waals surface area (Å²) in [5, 5.41) is 3.62. The first-order valence-corrected chi connectivity index (χ1v) is 16.2. The molecule has 0 saturated heterocycles. The number of ether oxygens (including phenoxy) is 1. The molecule has 0 aliphatic heterocycles. The smallest absolute Gasteiger partial charge is 0.243 e. The van der Waals surface area contributed by atoms with Crippen LogP contribution in [-0.2, 0) is 26.2 Å². The maximum atomic E-state index is 13.7. The van der Waals surface area contributed by atoms with Gasteiger partial charge in [-0.3, -0.25) is 13.9 Å². The van der Waals surface area contributed by atoms with Gasteiger partial charge in [-0.1, -0.05) is 56.0 Å². The van der Waals surface area contributed by atoms with Crippen molar-refractivity contribution in [2.75, 3.05) is 24.2 Å². The van der Waals surface area contributed by atoms with Crippen molar-refractivity contribution in [3.63, 3.8) is 0 Å². The Morgan fingerprint density at radius 2 is 1.77 bits per heavy atom. The van der Waals surface area contributed by atoms with Gasteiger partial charge in [0.2, 0.25) is 21.8 Å². The molecule has 8 nitrogen and oxygen atoms in total. The summed E-state index contributed by atoms with van der Waals surface area (Å²) in [6, 6.07) is 12.1. The summed E-state index contributed by atoms with van der Waals surface area (Å²) in [6.45, 7) is 4.12. The summed E-state index contributed by atoms with van der Waals surface area (Å²) in [5.41, 5.74) is 2.15. The normalized spacial score (nSPS) is 14.8. The number of carbonyl (C=O) groups excluding carboxylic acids is 2. The van der Waals surface area contributed by atoms with Crippen LogP contribution < -0.4 is 14.4 Å². The third kappa shape index (κ3) is 8.86. The van der Waals surface area contributed by atoms with Gasteiger partial charge in [-0.05, 0) is 68.0 Å². The van der Waals surface area contributed by atoms with E-state index in [4.69, 9.17) is 16.3 Å². The number of amides is 2. The topological polar surface area (TPSA) is 96.0 Å². The molecule has 1 aliphatic rings. The van der Waals surface area contributed by atoms with Crippen molar-refractivity contribution in [3.05, 3.63) is 58.6 Å². The van der Waals surface area contributed by atoms with Crippen LogP contribution >= 0.6 is 11.6 Å². The van der Waals surface area contributed by atoms with Crippen LogP contribution in [0.5, 0.6) is 5.75 Å². The molecule has 1 aliphatic carbocycles. The molecule has 0 radical (unpaired) electrons. The minimum absolute atomic E-state index is 0.0923. The lowest BCUT2D eigenvalue weighted by Crippen LogP contribution is -2.51. The van der Waals surface area contributed by atoms with Gasteiger partial charge in [0.1, 0.15) is 11.8 Å². The number of nitrogens with zero attached hydrogens (tertiary/aromatic N) is 2. The molecule has 220 valence electrons. The number of carbonyl (C=O) groups is 2. The molecule has 0 unspecified atom stereocenters. The average molecular weight is 592 g/mol. The number of hydrogen-bond acceptors (Lipinski definition) is 5. The Kier molecular flexibility index (Phi) is 11.7. The van der Waals surface area contributed by atoms with Crippen molar-refractivity contribution in [2.24, 2.45) is 0 Å². The van der Waals surface area contributed by atoms with E-state index in [1.807, 2.05) is 38.1 Å². The Hall–Kier alpha value is -2.78. The fraction of sp³-hybridized carbons (Fsp3) is 0.533.